The van der Waals surface area contributed by atoms with Gasteiger partial charge in [0.25, 0.3) is 5.91 Å². The van der Waals surface area contributed by atoms with Crippen LogP contribution in [0.15, 0.2) is 36.7 Å². The first-order valence-corrected chi connectivity index (χ1v) is 8.50. The Morgan fingerprint density at radius 3 is 2.75 bits per heavy atom. The molecule has 2 heterocycles. The van der Waals surface area contributed by atoms with Crippen LogP contribution >= 0.6 is 0 Å². The minimum atomic E-state index is -0.0563. The molecule has 3 rings (SSSR count). The van der Waals surface area contributed by atoms with Crippen molar-refractivity contribution in [1.82, 2.24) is 14.9 Å². The summed E-state index contributed by atoms with van der Waals surface area (Å²) in [6.07, 6.45) is 6.27. The van der Waals surface area contributed by atoms with Crippen LogP contribution in [0.1, 0.15) is 41.3 Å². The monoisotopic (exact) mass is 325 g/mol. The number of hydrogen-bond acceptors (Lipinski definition) is 4. The van der Waals surface area contributed by atoms with Crippen LogP contribution in [-0.2, 0) is 6.42 Å². The Kier molecular flexibility index (Phi) is 5.08. The SMILES string of the molecule is CCc1cnc(OC2CCCN(C(=O)c3ccccc3C)C2)nc1. The largest absolute Gasteiger partial charge is 0.458 e. The van der Waals surface area contributed by atoms with E-state index in [9.17, 15) is 4.79 Å². The number of rotatable bonds is 4. The van der Waals surface area contributed by atoms with Gasteiger partial charge in [-0.2, -0.15) is 0 Å². The van der Waals surface area contributed by atoms with E-state index in [0.717, 1.165) is 42.5 Å². The lowest BCUT2D eigenvalue weighted by Crippen LogP contribution is -2.44. The zero-order valence-corrected chi connectivity index (χ0v) is 14.2. The minimum absolute atomic E-state index is 0.0563. The number of aryl methyl sites for hydroxylation is 2. The molecule has 1 aromatic carbocycles. The lowest BCUT2D eigenvalue weighted by molar-refractivity contribution is 0.0515. The highest BCUT2D eigenvalue weighted by Gasteiger charge is 2.26. The average Bonchev–Trinajstić information content (AvgIpc) is 2.62. The van der Waals surface area contributed by atoms with E-state index < -0.39 is 0 Å². The quantitative estimate of drug-likeness (QED) is 0.867. The second-order valence-electron chi connectivity index (χ2n) is 6.18. The molecule has 2 aromatic rings. The zero-order chi connectivity index (χ0) is 16.9. The lowest BCUT2D eigenvalue weighted by atomic mass is 10.0. The summed E-state index contributed by atoms with van der Waals surface area (Å²) in [5, 5.41) is 0. The number of ether oxygens (including phenoxy) is 1. The zero-order valence-electron chi connectivity index (χ0n) is 14.2. The lowest BCUT2D eigenvalue weighted by Gasteiger charge is -2.32. The van der Waals surface area contributed by atoms with Gasteiger partial charge in [-0.15, -0.1) is 0 Å². The molecule has 0 spiro atoms. The van der Waals surface area contributed by atoms with E-state index in [1.165, 1.54) is 0 Å². The topological polar surface area (TPSA) is 55.3 Å². The summed E-state index contributed by atoms with van der Waals surface area (Å²) in [6, 6.07) is 8.10. The Bertz CT molecular complexity index is 700. The Morgan fingerprint density at radius 1 is 1.29 bits per heavy atom. The van der Waals surface area contributed by atoms with E-state index in [1.54, 1.807) is 12.4 Å². The van der Waals surface area contributed by atoms with E-state index in [2.05, 4.69) is 16.9 Å². The number of aromatic nitrogens is 2. The molecule has 0 bridgehead atoms. The van der Waals surface area contributed by atoms with Crippen molar-refractivity contribution in [2.24, 2.45) is 0 Å². The van der Waals surface area contributed by atoms with Crippen molar-refractivity contribution in [3.8, 4) is 6.01 Å². The van der Waals surface area contributed by atoms with E-state index >= 15 is 0 Å². The molecule has 1 unspecified atom stereocenters. The molecule has 1 aliphatic heterocycles. The van der Waals surface area contributed by atoms with Crippen LogP contribution < -0.4 is 4.74 Å². The normalized spacial score (nSPS) is 17.6. The van der Waals surface area contributed by atoms with Gasteiger partial charge < -0.3 is 9.64 Å². The second kappa shape index (κ2) is 7.43. The smallest absolute Gasteiger partial charge is 0.316 e. The number of hydrogen-bond donors (Lipinski definition) is 0. The van der Waals surface area contributed by atoms with Gasteiger partial charge in [0.15, 0.2) is 0 Å². The van der Waals surface area contributed by atoms with E-state index in [4.69, 9.17) is 4.74 Å². The average molecular weight is 325 g/mol. The van der Waals surface area contributed by atoms with Crippen molar-refractivity contribution in [3.05, 3.63) is 53.3 Å². The van der Waals surface area contributed by atoms with E-state index in [-0.39, 0.29) is 12.0 Å². The first-order chi connectivity index (χ1) is 11.7. The van der Waals surface area contributed by atoms with Crippen molar-refractivity contribution in [3.63, 3.8) is 0 Å². The molecule has 0 radical (unpaired) electrons. The maximum atomic E-state index is 12.7. The van der Waals surface area contributed by atoms with Crippen LogP contribution in [0.2, 0.25) is 0 Å². The minimum Gasteiger partial charge on any atom is -0.458 e. The Hall–Kier alpha value is -2.43. The van der Waals surface area contributed by atoms with E-state index in [1.807, 2.05) is 36.1 Å². The van der Waals surface area contributed by atoms with Gasteiger partial charge in [0.1, 0.15) is 6.10 Å². The molecular formula is C19H23N3O2. The van der Waals surface area contributed by atoms with Crippen molar-refractivity contribution in [1.29, 1.82) is 0 Å². The van der Waals surface area contributed by atoms with Crippen molar-refractivity contribution < 1.29 is 9.53 Å². The molecule has 1 aromatic heterocycles. The van der Waals surface area contributed by atoms with Gasteiger partial charge in [0.2, 0.25) is 0 Å². The summed E-state index contributed by atoms with van der Waals surface area (Å²) in [5.41, 5.74) is 2.85. The molecule has 1 saturated heterocycles. The number of carbonyl (C=O) groups excluding carboxylic acids is 1. The first kappa shape index (κ1) is 16.4. The first-order valence-electron chi connectivity index (χ1n) is 8.50. The van der Waals surface area contributed by atoms with Crippen LogP contribution in [0, 0.1) is 6.92 Å². The van der Waals surface area contributed by atoms with Gasteiger partial charge in [0.05, 0.1) is 6.54 Å². The molecule has 24 heavy (non-hydrogen) atoms. The van der Waals surface area contributed by atoms with Gasteiger partial charge >= 0.3 is 6.01 Å². The Labute approximate surface area is 142 Å². The maximum absolute atomic E-state index is 12.7. The van der Waals surface area contributed by atoms with Gasteiger partial charge in [-0.3, -0.25) is 4.79 Å². The molecule has 1 fully saturated rings. The number of piperidine rings is 1. The van der Waals surface area contributed by atoms with Gasteiger partial charge in [-0.1, -0.05) is 25.1 Å². The maximum Gasteiger partial charge on any atom is 0.316 e. The van der Waals surface area contributed by atoms with Crippen LogP contribution in [0.3, 0.4) is 0 Å². The number of carbonyl (C=O) groups is 1. The number of nitrogens with zero attached hydrogens (tertiary/aromatic N) is 3. The highest BCUT2D eigenvalue weighted by Crippen LogP contribution is 2.19. The summed E-state index contributed by atoms with van der Waals surface area (Å²) in [4.78, 5) is 23.1. The molecule has 1 amide bonds. The predicted octanol–water partition coefficient (Wildman–Crippen LogP) is 3.03. The van der Waals surface area contributed by atoms with Gasteiger partial charge in [-0.25, -0.2) is 9.97 Å². The van der Waals surface area contributed by atoms with E-state index in [0.29, 0.717) is 12.6 Å². The van der Waals surface area contributed by atoms with Crippen molar-refractivity contribution in [2.45, 2.75) is 39.2 Å². The molecule has 0 N–H and O–H groups in total. The van der Waals surface area contributed by atoms with Crippen LogP contribution in [0.4, 0.5) is 0 Å². The molecule has 5 heteroatoms. The van der Waals surface area contributed by atoms with Gasteiger partial charge in [0, 0.05) is 24.5 Å². The Balaban J connectivity index is 1.65. The van der Waals surface area contributed by atoms with Crippen molar-refractivity contribution in [2.75, 3.05) is 13.1 Å². The Morgan fingerprint density at radius 2 is 2.04 bits per heavy atom. The summed E-state index contributed by atoms with van der Waals surface area (Å²) < 4.78 is 5.89. The summed E-state index contributed by atoms with van der Waals surface area (Å²) in [7, 11) is 0. The molecule has 1 atom stereocenters. The fraction of sp³-hybridized carbons (Fsp3) is 0.421. The molecule has 5 nitrogen and oxygen atoms in total. The van der Waals surface area contributed by atoms with Gasteiger partial charge in [-0.05, 0) is 43.4 Å². The van der Waals surface area contributed by atoms with Crippen LogP contribution in [0.5, 0.6) is 6.01 Å². The summed E-state index contributed by atoms with van der Waals surface area (Å²) in [5.74, 6) is 0.0728. The number of likely N-dealkylation sites (tertiary alicyclic amines) is 1. The highest BCUT2D eigenvalue weighted by atomic mass is 16.5. The van der Waals surface area contributed by atoms with Crippen LogP contribution in [0.25, 0.3) is 0 Å². The summed E-state index contributed by atoms with van der Waals surface area (Å²) >= 11 is 0. The molecule has 0 saturated carbocycles. The third-order valence-electron chi connectivity index (χ3n) is 4.40. The third kappa shape index (κ3) is 3.72. The fourth-order valence-electron chi connectivity index (χ4n) is 2.94. The predicted molar refractivity (Wildman–Crippen MR) is 92.1 cm³/mol. The van der Waals surface area contributed by atoms with Crippen LogP contribution in [-0.4, -0.2) is 40.0 Å². The van der Waals surface area contributed by atoms with Crippen molar-refractivity contribution >= 4 is 5.91 Å². The molecule has 0 aliphatic carbocycles. The second-order valence-corrected chi connectivity index (χ2v) is 6.18. The summed E-state index contributed by atoms with van der Waals surface area (Å²) in [6.45, 7) is 5.37. The molecule has 126 valence electrons. The highest BCUT2D eigenvalue weighted by molar-refractivity contribution is 5.95. The standard InChI is InChI=1S/C19H23N3O2/c1-3-15-11-20-19(21-12-15)24-16-8-6-10-22(13-16)18(23)17-9-5-4-7-14(17)2/h4-5,7,9,11-12,16H,3,6,8,10,13H2,1-2H3. The number of amides is 1. The number of benzene rings is 1. The fourth-order valence-corrected chi connectivity index (χ4v) is 2.94. The third-order valence-corrected chi connectivity index (χ3v) is 4.40. The molecule has 1 aliphatic rings. The molecular weight excluding hydrogens is 302 g/mol.